The van der Waals surface area contributed by atoms with Gasteiger partial charge in [0.25, 0.3) is 0 Å². The number of aryl methyl sites for hydroxylation is 1. The van der Waals surface area contributed by atoms with Gasteiger partial charge in [-0.25, -0.2) is 0 Å². The molecule has 2 aromatic rings. The van der Waals surface area contributed by atoms with Gasteiger partial charge in [-0.1, -0.05) is 30.3 Å². The number of carbonyl (C=O) groups is 3. The van der Waals surface area contributed by atoms with Crippen LogP contribution >= 0.6 is 0 Å². The van der Waals surface area contributed by atoms with E-state index in [1.54, 1.807) is 25.1 Å². The van der Waals surface area contributed by atoms with Crippen molar-refractivity contribution < 1.29 is 19.5 Å². The van der Waals surface area contributed by atoms with Crippen molar-refractivity contribution >= 4 is 23.4 Å². The van der Waals surface area contributed by atoms with E-state index in [1.807, 2.05) is 37.2 Å². The number of anilines is 1. The van der Waals surface area contributed by atoms with Gasteiger partial charge >= 0.3 is 0 Å². The van der Waals surface area contributed by atoms with Crippen molar-refractivity contribution in [2.75, 3.05) is 32.5 Å². The Morgan fingerprint density at radius 2 is 1.71 bits per heavy atom. The first kappa shape index (κ1) is 27.8. The van der Waals surface area contributed by atoms with Crippen LogP contribution in [0.2, 0.25) is 0 Å². The van der Waals surface area contributed by atoms with Crippen molar-refractivity contribution in [3.8, 4) is 5.75 Å². The second-order valence-electron chi connectivity index (χ2n) is 8.86. The van der Waals surface area contributed by atoms with Crippen LogP contribution in [0.1, 0.15) is 30.9 Å². The van der Waals surface area contributed by atoms with Gasteiger partial charge in [0.15, 0.2) is 0 Å². The third kappa shape index (κ3) is 10.2. The van der Waals surface area contributed by atoms with Crippen LogP contribution in [0.15, 0.2) is 48.5 Å². The number of carbonyl (C=O) groups excluding carboxylic acids is 3. The first-order valence-electron chi connectivity index (χ1n) is 11.8. The number of rotatable bonds is 13. The lowest BCUT2D eigenvalue weighted by Gasteiger charge is -2.18. The molecule has 0 saturated carbocycles. The number of hydrogen-bond acceptors (Lipinski definition) is 6. The van der Waals surface area contributed by atoms with Gasteiger partial charge in [-0.3, -0.25) is 14.4 Å². The standard InChI is InChI=1S/C26H37N5O4/c1-18(29-26(35)22(27)17-19-11-13-21(32)14-12-19)25(34)30-23-9-5-4-7-20(23)8-6-10-24(33)28-15-16-31(2)3/h4-5,7,9,11-14,18,22,32H,6,8,10,15-17,27H2,1-3H3,(H,28,33)(H,29,35)(H,30,34)/t18-,22+/m1/s1. The quantitative estimate of drug-likeness (QED) is 0.292. The summed E-state index contributed by atoms with van der Waals surface area (Å²) in [5.41, 5.74) is 8.38. The lowest BCUT2D eigenvalue weighted by molar-refractivity contribution is -0.127. The van der Waals surface area contributed by atoms with Crippen LogP contribution in [0, 0.1) is 0 Å². The van der Waals surface area contributed by atoms with E-state index in [9.17, 15) is 19.5 Å². The predicted octanol–water partition coefficient (Wildman–Crippen LogP) is 1.41. The molecule has 3 amide bonds. The molecule has 0 aliphatic carbocycles. The molecule has 0 aliphatic heterocycles. The van der Waals surface area contributed by atoms with Gasteiger partial charge in [-0.15, -0.1) is 0 Å². The van der Waals surface area contributed by atoms with Gasteiger partial charge in [-0.05, 0) is 69.6 Å². The zero-order valence-corrected chi connectivity index (χ0v) is 20.7. The summed E-state index contributed by atoms with van der Waals surface area (Å²) in [7, 11) is 3.91. The van der Waals surface area contributed by atoms with E-state index in [4.69, 9.17) is 5.73 Å². The molecule has 0 aromatic heterocycles. The highest BCUT2D eigenvalue weighted by atomic mass is 16.3. The number of nitrogens with one attached hydrogen (secondary N) is 3. The van der Waals surface area contributed by atoms with Gasteiger partial charge in [0.1, 0.15) is 11.8 Å². The summed E-state index contributed by atoms with van der Waals surface area (Å²) in [6.45, 7) is 3.00. The Bertz CT molecular complexity index is 978. The Balaban J connectivity index is 1.83. The zero-order valence-electron chi connectivity index (χ0n) is 20.7. The summed E-state index contributed by atoms with van der Waals surface area (Å²) in [5, 5.41) is 17.8. The van der Waals surface area contributed by atoms with Crippen molar-refractivity contribution in [3.63, 3.8) is 0 Å². The molecule has 2 rings (SSSR count). The molecule has 0 unspecified atom stereocenters. The van der Waals surface area contributed by atoms with Gasteiger partial charge in [0.2, 0.25) is 17.7 Å². The minimum Gasteiger partial charge on any atom is -0.508 e. The molecular formula is C26H37N5O4. The molecule has 9 heteroatoms. The Kier molecular flexibility index (Phi) is 11.2. The Labute approximate surface area is 207 Å². The topological polar surface area (TPSA) is 137 Å². The lowest BCUT2D eigenvalue weighted by Crippen LogP contribution is -2.49. The molecule has 0 aliphatic rings. The molecule has 6 N–H and O–H groups in total. The molecular weight excluding hydrogens is 446 g/mol. The molecule has 0 radical (unpaired) electrons. The van der Waals surface area contributed by atoms with Crippen molar-refractivity contribution in [2.24, 2.45) is 5.73 Å². The molecule has 2 aromatic carbocycles. The van der Waals surface area contributed by atoms with Crippen molar-refractivity contribution in [3.05, 3.63) is 59.7 Å². The molecule has 35 heavy (non-hydrogen) atoms. The number of aromatic hydroxyl groups is 1. The number of likely N-dealkylation sites (N-methyl/N-ethyl adjacent to an activating group) is 1. The maximum absolute atomic E-state index is 12.7. The lowest BCUT2D eigenvalue weighted by atomic mass is 10.0. The van der Waals surface area contributed by atoms with Gasteiger partial charge < -0.3 is 31.7 Å². The van der Waals surface area contributed by atoms with E-state index in [0.29, 0.717) is 31.5 Å². The first-order chi connectivity index (χ1) is 16.7. The third-order valence-corrected chi connectivity index (χ3v) is 5.49. The monoisotopic (exact) mass is 483 g/mol. The molecule has 0 fully saturated rings. The van der Waals surface area contributed by atoms with Crippen molar-refractivity contribution in [1.29, 1.82) is 0 Å². The molecule has 9 nitrogen and oxygen atoms in total. The zero-order chi connectivity index (χ0) is 25.8. The van der Waals surface area contributed by atoms with Gasteiger partial charge in [0, 0.05) is 25.2 Å². The predicted molar refractivity (Wildman–Crippen MR) is 137 cm³/mol. The average molecular weight is 484 g/mol. The average Bonchev–Trinajstić information content (AvgIpc) is 2.81. The molecule has 0 saturated heterocycles. The van der Waals surface area contributed by atoms with Gasteiger partial charge in [0.05, 0.1) is 6.04 Å². The Morgan fingerprint density at radius 3 is 2.40 bits per heavy atom. The second kappa shape index (κ2) is 14.1. The molecule has 0 bridgehead atoms. The highest BCUT2D eigenvalue weighted by molar-refractivity contribution is 5.98. The van der Waals surface area contributed by atoms with E-state index in [0.717, 1.165) is 17.7 Å². The summed E-state index contributed by atoms with van der Waals surface area (Å²) in [5.74, 6) is -0.646. The molecule has 2 atom stereocenters. The van der Waals surface area contributed by atoms with Crippen molar-refractivity contribution in [1.82, 2.24) is 15.5 Å². The number of para-hydroxylation sites is 1. The maximum atomic E-state index is 12.7. The number of benzene rings is 2. The number of amides is 3. The fourth-order valence-corrected chi connectivity index (χ4v) is 3.41. The summed E-state index contributed by atoms with van der Waals surface area (Å²) in [6, 6.07) is 12.3. The Morgan fingerprint density at radius 1 is 1.03 bits per heavy atom. The van der Waals surface area contributed by atoms with Crippen LogP contribution in [-0.4, -0.2) is 67.0 Å². The van der Waals surface area contributed by atoms with E-state index < -0.39 is 18.0 Å². The van der Waals surface area contributed by atoms with Crippen LogP contribution in [-0.2, 0) is 27.2 Å². The number of phenolic OH excluding ortho intramolecular Hbond substituents is 1. The molecule has 0 spiro atoms. The number of nitrogens with zero attached hydrogens (tertiary/aromatic N) is 1. The largest absolute Gasteiger partial charge is 0.508 e. The van der Waals surface area contributed by atoms with Crippen LogP contribution < -0.4 is 21.7 Å². The van der Waals surface area contributed by atoms with Crippen LogP contribution in [0.25, 0.3) is 0 Å². The minimum atomic E-state index is -0.828. The molecule has 190 valence electrons. The van der Waals surface area contributed by atoms with E-state index in [2.05, 4.69) is 16.0 Å². The van der Waals surface area contributed by atoms with E-state index in [1.165, 1.54) is 12.1 Å². The number of phenols is 1. The number of nitrogens with two attached hydrogens (primary N) is 1. The van der Waals surface area contributed by atoms with Crippen LogP contribution in [0.3, 0.4) is 0 Å². The molecule has 0 heterocycles. The fraction of sp³-hybridized carbons (Fsp3) is 0.423. The van der Waals surface area contributed by atoms with Crippen LogP contribution in [0.4, 0.5) is 5.69 Å². The first-order valence-corrected chi connectivity index (χ1v) is 11.8. The third-order valence-electron chi connectivity index (χ3n) is 5.49. The van der Waals surface area contributed by atoms with Crippen molar-refractivity contribution in [2.45, 2.75) is 44.7 Å². The fourth-order valence-electron chi connectivity index (χ4n) is 3.41. The summed E-state index contributed by atoms with van der Waals surface area (Å²) >= 11 is 0. The highest BCUT2D eigenvalue weighted by Gasteiger charge is 2.21. The summed E-state index contributed by atoms with van der Waals surface area (Å²) in [6.07, 6.45) is 1.97. The summed E-state index contributed by atoms with van der Waals surface area (Å²) in [4.78, 5) is 39.2. The second-order valence-corrected chi connectivity index (χ2v) is 8.86. The summed E-state index contributed by atoms with van der Waals surface area (Å²) < 4.78 is 0. The van der Waals surface area contributed by atoms with Crippen LogP contribution in [0.5, 0.6) is 5.75 Å². The number of hydrogen-bond donors (Lipinski definition) is 5. The smallest absolute Gasteiger partial charge is 0.246 e. The normalized spacial score (nSPS) is 12.6. The highest BCUT2D eigenvalue weighted by Crippen LogP contribution is 2.18. The minimum absolute atomic E-state index is 0.00773. The SMILES string of the molecule is C[C@@H](NC(=O)[C@@H](N)Cc1ccc(O)cc1)C(=O)Nc1ccccc1CCCC(=O)NCCN(C)C. The maximum Gasteiger partial charge on any atom is 0.246 e. The Hall–Kier alpha value is -3.43. The van der Waals surface area contributed by atoms with E-state index >= 15 is 0 Å². The van der Waals surface area contributed by atoms with E-state index in [-0.39, 0.29) is 24.0 Å². The van der Waals surface area contributed by atoms with Gasteiger partial charge in [-0.2, -0.15) is 0 Å².